The maximum Gasteiger partial charge on any atom is 0.290 e. The number of fused-ring (bicyclic) bond motifs is 1. The van der Waals surface area contributed by atoms with Gasteiger partial charge in [0.05, 0.1) is 0 Å². The minimum atomic E-state index is -0.491. The Morgan fingerprint density at radius 2 is 1.62 bits per heavy atom. The summed E-state index contributed by atoms with van der Waals surface area (Å²) in [5.41, 5.74) is 6.22. The molecule has 2 amide bonds. The molecule has 0 fully saturated rings. The second kappa shape index (κ2) is 7.57. The standard InChI is InChI=1S/C18H15N3O2.ClH/c19-18(23)14-5-7-16(8-6-14)20-17(22)12-21-10-9-13-3-1-2-4-15(13)11-21;/h1-11H,12H2,(H2-,19,20,22,23);1H. The van der Waals surface area contributed by atoms with Crippen LogP contribution in [0.4, 0.5) is 5.69 Å². The number of carbonyl (C=O) groups is 2. The van der Waals surface area contributed by atoms with Crippen molar-refractivity contribution in [2.75, 3.05) is 5.32 Å². The quantitative estimate of drug-likeness (QED) is 0.589. The average Bonchev–Trinajstić information content (AvgIpc) is 2.55. The molecular weight excluding hydrogens is 326 g/mol. The Labute approximate surface area is 145 Å². The number of pyridine rings is 1. The highest BCUT2D eigenvalue weighted by Gasteiger charge is 2.10. The normalized spacial score (nSPS) is 10.0. The van der Waals surface area contributed by atoms with Gasteiger partial charge in [-0.15, -0.1) is 0 Å². The topological polar surface area (TPSA) is 76.1 Å². The van der Waals surface area contributed by atoms with Crippen molar-refractivity contribution in [2.24, 2.45) is 5.73 Å². The molecule has 1 heterocycles. The molecule has 0 spiro atoms. The first-order chi connectivity index (χ1) is 11.1. The number of aromatic nitrogens is 1. The first-order valence-corrected chi connectivity index (χ1v) is 7.19. The van der Waals surface area contributed by atoms with Gasteiger partial charge in [0, 0.05) is 22.7 Å². The van der Waals surface area contributed by atoms with Crippen LogP contribution in [-0.4, -0.2) is 11.8 Å². The Bertz CT molecular complexity index is 879. The van der Waals surface area contributed by atoms with Crippen molar-refractivity contribution in [3.63, 3.8) is 0 Å². The fourth-order valence-corrected chi connectivity index (χ4v) is 2.36. The summed E-state index contributed by atoms with van der Waals surface area (Å²) in [6, 6.07) is 16.4. The van der Waals surface area contributed by atoms with Gasteiger partial charge in [0.1, 0.15) is 0 Å². The lowest BCUT2D eigenvalue weighted by Gasteiger charge is -2.04. The maximum atomic E-state index is 12.1. The summed E-state index contributed by atoms with van der Waals surface area (Å²) in [5, 5.41) is 5.00. The third-order valence-corrected chi connectivity index (χ3v) is 3.53. The molecule has 2 aromatic carbocycles. The zero-order valence-electron chi connectivity index (χ0n) is 12.8. The van der Waals surface area contributed by atoms with Gasteiger partial charge in [-0.2, -0.15) is 4.57 Å². The summed E-state index contributed by atoms with van der Waals surface area (Å²) < 4.78 is 1.83. The number of benzene rings is 2. The lowest BCUT2D eigenvalue weighted by Crippen LogP contribution is -3.00. The number of anilines is 1. The zero-order chi connectivity index (χ0) is 16.2. The molecule has 3 N–H and O–H groups in total. The summed E-state index contributed by atoms with van der Waals surface area (Å²) in [7, 11) is 0. The SMILES string of the molecule is NC(=O)c1ccc(NC(=O)C[n+]2ccc3ccccc3c2)cc1.[Cl-]. The van der Waals surface area contributed by atoms with E-state index >= 15 is 0 Å². The number of hydrogen-bond acceptors (Lipinski definition) is 2. The number of nitrogens with one attached hydrogen (secondary N) is 1. The van der Waals surface area contributed by atoms with E-state index in [1.165, 1.54) is 0 Å². The van der Waals surface area contributed by atoms with Gasteiger partial charge in [-0.1, -0.05) is 18.2 Å². The zero-order valence-corrected chi connectivity index (χ0v) is 13.5. The molecule has 0 radical (unpaired) electrons. The van der Waals surface area contributed by atoms with E-state index in [-0.39, 0.29) is 24.9 Å². The summed E-state index contributed by atoms with van der Waals surface area (Å²) >= 11 is 0. The van der Waals surface area contributed by atoms with Crippen molar-refractivity contribution < 1.29 is 26.6 Å². The number of carbonyl (C=O) groups excluding carboxylic acids is 2. The van der Waals surface area contributed by atoms with Gasteiger partial charge in [-0.25, -0.2) is 0 Å². The lowest BCUT2D eigenvalue weighted by molar-refractivity contribution is -0.682. The fraction of sp³-hybridized carbons (Fsp3) is 0.0556. The van der Waals surface area contributed by atoms with Gasteiger partial charge in [0.15, 0.2) is 12.4 Å². The molecule has 3 rings (SSSR count). The highest BCUT2D eigenvalue weighted by atomic mass is 35.5. The van der Waals surface area contributed by atoms with E-state index in [9.17, 15) is 9.59 Å². The average molecular weight is 342 g/mol. The van der Waals surface area contributed by atoms with Crippen LogP contribution in [0.1, 0.15) is 10.4 Å². The maximum absolute atomic E-state index is 12.1. The highest BCUT2D eigenvalue weighted by molar-refractivity contribution is 5.94. The molecule has 0 atom stereocenters. The van der Waals surface area contributed by atoms with Crippen molar-refractivity contribution in [3.05, 3.63) is 72.6 Å². The fourth-order valence-electron chi connectivity index (χ4n) is 2.36. The van der Waals surface area contributed by atoms with E-state index in [4.69, 9.17) is 5.73 Å². The second-order valence-corrected chi connectivity index (χ2v) is 5.24. The van der Waals surface area contributed by atoms with Crippen LogP contribution >= 0.6 is 0 Å². The molecule has 122 valence electrons. The van der Waals surface area contributed by atoms with Crippen LogP contribution in [-0.2, 0) is 11.3 Å². The monoisotopic (exact) mass is 341 g/mol. The Hall–Kier alpha value is -2.92. The Morgan fingerprint density at radius 3 is 2.29 bits per heavy atom. The van der Waals surface area contributed by atoms with Crippen molar-refractivity contribution in [2.45, 2.75) is 6.54 Å². The third kappa shape index (κ3) is 4.08. The number of primary amides is 1. The van der Waals surface area contributed by atoms with Crippen LogP contribution in [0.5, 0.6) is 0 Å². The van der Waals surface area contributed by atoms with E-state index in [1.54, 1.807) is 24.3 Å². The van der Waals surface area contributed by atoms with Gasteiger partial charge in [0.25, 0.3) is 5.91 Å². The van der Waals surface area contributed by atoms with Gasteiger partial charge >= 0.3 is 0 Å². The summed E-state index contributed by atoms with van der Waals surface area (Å²) in [4.78, 5) is 23.1. The van der Waals surface area contributed by atoms with Crippen LogP contribution in [0.3, 0.4) is 0 Å². The minimum Gasteiger partial charge on any atom is -1.00 e. The summed E-state index contributed by atoms with van der Waals surface area (Å²) in [6.45, 7) is 0.211. The van der Waals surface area contributed by atoms with E-state index < -0.39 is 5.91 Å². The lowest BCUT2D eigenvalue weighted by atomic mass is 10.2. The predicted octanol–water partition coefficient (Wildman–Crippen LogP) is -1.13. The highest BCUT2D eigenvalue weighted by Crippen LogP contribution is 2.10. The van der Waals surface area contributed by atoms with Crippen LogP contribution in [0.15, 0.2) is 67.0 Å². The van der Waals surface area contributed by atoms with Crippen LogP contribution in [0.2, 0.25) is 0 Å². The molecule has 0 aliphatic rings. The van der Waals surface area contributed by atoms with E-state index in [2.05, 4.69) is 5.32 Å². The number of halogens is 1. The molecule has 3 aromatic rings. The smallest absolute Gasteiger partial charge is 0.290 e. The molecular formula is C18H16ClN3O2. The van der Waals surface area contributed by atoms with Crippen molar-refractivity contribution in [1.82, 2.24) is 0 Å². The number of amides is 2. The molecule has 24 heavy (non-hydrogen) atoms. The van der Waals surface area contributed by atoms with Crippen molar-refractivity contribution >= 4 is 28.3 Å². The molecule has 0 saturated carbocycles. The third-order valence-electron chi connectivity index (χ3n) is 3.53. The summed E-state index contributed by atoms with van der Waals surface area (Å²) in [6.07, 6.45) is 3.81. The second-order valence-electron chi connectivity index (χ2n) is 5.24. The largest absolute Gasteiger partial charge is 1.00 e. The van der Waals surface area contributed by atoms with Gasteiger partial charge in [0.2, 0.25) is 12.5 Å². The molecule has 5 nitrogen and oxygen atoms in total. The first-order valence-electron chi connectivity index (χ1n) is 7.19. The molecule has 0 aliphatic heterocycles. The van der Waals surface area contributed by atoms with Crippen LogP contribution in [0, 0.1) is 0 Å². The van der Waals surface area contributed by atoms with E-state index in [0.29, 0.717) is 11.3 Å². The van der Waals surface area contributed by atoms with Gasteiger partial charge < -0.3 is 23.5 Å². The van der Waals surface area contributed by atoms with Gasteiger partial charge in [-0.05, 0) is 35.7 Å². The minimum absolute atomic E-state index is 0. The Balaban J connectivity index is 0.00000208. The molecule has 0 unspecified atom stereocenters. The van der Waals surface area contributed by atoms with Gasteiger partial charge in [-0.3, -0.25) is 9.59 Å². The molecule has 0 bridgehead atoms. The van der Waals surface area contributed by atoms with Crippen molar-refractivity contribution in [1.29, 1.82) is 0 Å². The molecule has 0 aliphatic carbocycles. The number of nitrogens with two attached hydrogens (primary N) is 1. The number of rotatable bonds is 4. The summed E-state index contributed by atoms with van der Waals surface area (Å²) in [5.74, 6) is -0.633. The number of nitrogens with zero attached hydrogens (tertiary/aromatic N) is 1. The van der Waals surface area contributed by atoms with Crippen LogP contribution < -0.4 is 28.0 Å². The van der Waals surface area contributed by atoms with Crippen molar-refractivity contribution in [3.8, 4) is 0 Å². The Kier molecular flexibility index (Phi) is 5.50. The molecule has 1 aromatic heterocycles. The van der Waals surface area contributed by atoms with Crippen LogP contribution in [0.25, 0.3) is 10.8 Å². The Morgan fingerprint density at radius 1 is 0.958 bits per heavy atom. The number of hydrogen-bond donors (Lipinski definition) is 2. The first kappa shape index (κ1) is 17.4. The van der Waals surface area contributed by atoms with E-state index in [1.807, 2.05) is 47.3 Å². The molecule has 6 heteroatoms. The molecule has 0 saturated heterocycles. The van der Waals surface area contributed by atoms with E-state index in [0.717, 1.165) is 10.8 Å². The predicted molar refractivity (Wildman–Crippen MR) is 87.7 cm³/mol.